The van der Waals surface area contributed by atoms with E-state index < -0.39 is 15.7 Å². The number of carbonyl (C=O) groups is 1. The predicted molar refractivity (Wildman–Crippen MR) is 135 cm³/mol. The van der Waals surface area contributed by atoms with Gasteiger partial charge in [-0.2, -0.15) is 5.26 Å². The van der Waals surface area contributed by atoms with E-state index in [2.05, 4.69) is 15.5 Å². The summed E-state index contributed by atoms with van der Waals surface area (Å²) >= 11 is 0.718. The Morgan fingerprint density at radius 2 is 1.92 bits per heavy atom. The summed E-state index contributed by atoms with van der Waals surface area (Å²) < 4.78 is 40.4. The number of hydrogen-bond acceptors (Lipinski definition) is 10. The number of benzene rings is 2. The first-order valence-electron chi connectivity index (χ1n) is 10.8. The van der Waals surface area contributed by atoms with Gasteiger partial charge in [0.1, 0.15) is 30.6 Å². The van der Waals surface area contributed by atoms with Crippen molar-refractivity contribution in [2.45, 2.75) is 18.2 Å². The van der Waals surface area contributed by atoms with Crippen LogP contribution in [0.4, 0.5) is 5.13 Å². The molecule has 0 radical (unpaired) electrons. The highest BCUT2D eigenvalue weighted by Crippen LogP contribution is 2.29. The van der Waals surface area contributed by atoms with Crippen molar-refractivity contribution in [3.8, 4) is 23.3 Å². The molecule has 3 rings (SSSR count). The van der Waals surface area contributed by atoms with E-state index in [0.717, 1.165) is 22.6 Å². The van der Waals surface area contributed by atoms with Crippen LogP contribution in [0.2, 0.25) is 0 Å². The van der Waals surface area contributed by atoms with E-state index >= 15 is 0 Å². The Kier molecular flexibility index (Phi) is 8.99. The van der Waals surface area contributed by atoms with E-state index in [1.807, 2.05) is 37.3 Å². The number of methoxy groups -OCH3 is 1. The van der Waals surface area contributed by atoms with Crippen LogP contribution < -0.4 is 19.5 Å². The monoisotopic (exact) mass is 528 g/mol. The Hall–Kier alpha value is -3.95. The molecule has 188 valence electrons. The number of nitrogens with zero attached hydrogens (tertiary/aromatic N) is 3. The zero-order valence-corrected chi connectivity index (χ0v) is 21.5. The molecule has 0 unspecified atom stereocenters. The van der Waals surface area contributed by atoms with E-state index in [0.29, 0.717) is 23.7 Å². The van der Waals surface area contributed by atoms with Crippen molar-refractivity contribution in [3.05, 3.63) is 59.2 Å². The van der Waals surface area contributed by atoms with E-state index in [1.165, 1.54) is 20.1 Å². The molecule has 0 bridgehead atoms. The van der Waals surface area contributed by atoms with Crippen molar-refractivity contribution < 1.29 is 27.4 Å². The van der Waals surface area contributed by atoms with Gasteiger partial charge >= 0.3 is 0 Å². The molecular formula is C24H24N4O6S2. The van der Waals surface area contributed by atoms with Gasteiger partial charge in [-0.25, -0.2) is 8.42 Å². The van der Waals surface area contributed by atoms with E-state index in [-0.39, 0.29) is 27.4 Å². The van der Waals surface area contributed by atoms with Crippen LogP contribution in [0.1, 0.15) is 18.1 Å². The van der Waals surface area contributed by atoms with Crippen molar-refractivity contribution in [1.29, 1.82) is 5.26 Å². The quantitative estimate of drug-likeness (QED) is 0.171. The minimum Gasteiger partial charge on any atom is -0.493 e. The highest BCUT2D eigenvalue weighted by atomic mass is 32.2. The molecule has 12 heteroatoms. The first kappa shape index (κ1) is 26.7. The van der Waals surface area contributed by atoms with Crippen LogP contribution in [-0.4, -0.2) is 50.6 Å². The molecule has 1 heterocycles. The third-order valence-corrected chi connectivity index (χ3v) is 7.75. The molecule has 1 aromatic heterocycles. The Bertz CT molecular complexity index is 1410. The first-order chi connectivity index (χ1) is 17.2. The standard InChI is InChI=1S/C24H24N4O6S2/c1-4-36(30,31)24-28-27-23(35-24)26-22(29)18(15-25)13-17-8-9-20(21(14-17)32-3)34-11-10-33-19-7-5-6-16(2)12-19/h5-9,12-14H,4,10-11H2,1-3H3,(H,26,27,29)/b18-13-. The maximum Gasteiger partial charge on any atom is 0.268 e. The number of amides is 1. The number of sulfone groups is 1. The topological polar surface area (TPSA) is 140 Å². The molecule has 1 amide bonds. The van der Waals surface area contributed by atoms with Crippen LogP contribution in [0.25, 0.3) is 6.08 Å². The Morgan fingerprint density at radius 3 is 2.61 bits per heavy atom. The number of aromatic nitrogens is 2. The van der Waals surface area contributed by atoms with Crippen LogP contribution in [0, 0.1) is 18.3 Å². The van der Waals surface area contributed by atoms with Gasteiger partial charge in [-0.15, -0.1) is 10.2 Å². The molecule has 2 aromatic carbocycles. The number of nitrogens with one attached hydrogen (secondary N) is 1. The molecule has 0 aliphatic heterocycles. The molecule has 0 atom stereocenters. The van der Waals surface area contributed by atoms with Gasteiger partial charge in [0.2, 0.25) is 19.3 Å². The minimum absolute atomic E-state index is 0.0256. The first-order valence-corrected chi connectivity index (χ1v) is 13.2. The fraction of sp³-hybridized carbons (Fsp3) is 0.250. The van der Waals surface area contributed by atoms with Crippen LogP contribution in [-0.2, 0) is 14.6 Å². The molecule has 0 fully saturated rings. The Morgan fingerprint density at radius 1 is 1.14 bits per heavy atom. The lowest BCUT2D eigenvalue weighted by Gasteiger charge is -2.12. The highest BCUT2D eigenvalue weighted by molar-refractivity contribution is 7.93. The third kappa shape index (κ3) is 7.03. The predicted octanol–water partition coefficient (Wildman–Crippen LogP) is 3.65. The van der Waals surface area contributed by atoms with Crippen molar-refractivity contribution in [3.63, 3.8) is 0 Å². The number of rotatable bonds is 11. The number of carbonyl (C=O) groups excluding carboxylic acids is 1. The van der Waals surface area contributed by atoms with Gasteiger partial charge in [-0.3, -0.25) is 10.1 Å². The summed E-state index contributed by atoms with van der Waals surface area (Å²) in [7, 11) is -2.06. The molecule has 0 saturated carbocycles. The van der Waals surface area contributed by atoms with Crippen molar-refractivity contribution in [2.75, 3.05) is 31.4 Å². The summed E-state index contributed by atoms with van der Waals surface area (Å²) in [6.07, 6.45) is 1.37. The normalized spacial score (nSPS) is 11.4. The third-order valence-electron chi connectivity index (χ3n) is 4.74. The molecule has 0 saturated heterocycles. The minimum atomic E-state index is -3.54. The second kappa shape index (κ2) is 12.1. The molecule has 0 aliphatic carbocycles. The number of ether oxygens (including phenoxy) is 3. The Balaban J connectivity index is 1.65. The lowest BCUT2D eigenvalue weighted by Crippen LogP contribution is -2.13. The molecule has 36 heavy (non-hydrogen) atoms. The summed E-state index contributed by atoms with van der Waals surface area (Å²) in [4.78, 5) is 12.5. The van der Waals surface area contributed by atoms with Gasteiger partial charge in [0.25, 0.3) is 5.91 Å². The average Bonchev–Trinajstić information content (AvgIpc) is 3.35. The van der Waals surface area contributed by atoms with Gasteiger partial charge in [-0.1, -0.05) is 36.5 Å². The van der Waals surface area contributed by atoms with E-state index in [1.54, 1.807) is 18.2 Å². The molecule has 10 nitrogen and oxygen atoms in total. The average molecular weight is 529 g/mol. The Labute approximate surface area is 213 Å². The number of nitriles is 1. The molecule has 1 N–H and O–H groups in total. The second-order valence-electron chi connectivity index (χ2n) is 7.32. The second-order valence-corrected chi connectivity index (χ2v) is 10.8. The zero-order chi connectivity index (χ0) is 26.1. The van der Waals surface area contributed by atoms with Gasteiger partial charge in [0, 0.05) is 0 Å². The van der Waals surface area contributed by atoms with Crippen LogP contribution in [0.15, 0.2) is 52.4 Å². The van der Waals surface area contributed by atoms with Crippen LogP contribution >= 0.6 is 11.3 Å². The number of hydrogen-bond donors (Lipinski definition) is 1. The molecule has 0 spiro atoms. The maximum absolute atomic E-state index is 12.5. The number of anilines is 1. The molecule has 0 aliphatic rings. The van der Waals surface area contributed by atoms with E-state index in [4.69, 9.17) is 14.2 Å². The SMILES string of the molecule is CCS(=O)(=O)c1nnc(NC(=O)/C(C#N)=C\c2ccc(OCCOc3cccc(C)c3)c(OC)c2)s1. The fourth-order valence-corrected chi connectivity index (χ4v) is 4.88. The summed E-state index contributed by atoms with van der Waals surface area (Å²) in [6, 6.07) is 14.5. The largest absolute Gasteiger partial charge is 0.493 e. The summed E-state index contributed by atoms with van der Waals surface area (Å²) in [6.45, 7) is 4.08. The van der Waals surface area contributed by atoms with Gasteiger partial charge in [-0.05, 0) is 48.4 Å². The molecular weight excluding hydrogens is 504 g/mol. The van der Waals surface area contributed by atoms with Gasteiger partial charge in [0.05, 0.1) is 12.9 Å². The van der Waals surface area contributed by atoms with Crippen LogP contribution in [0.5, 0.6) is 17.2 Å². The zero-order valence-electron chi connectivity index (χ0n) is 19.8. The highest BCUT2D eigenvalue weighted by Gasteiger charge is 2.20. The van der Waals surface area contributed by atoms with E-state index in [9.17, 15) is 18.5 Å². The summed E-state index contributed by atoms with van der Waals surface area (Å²) in [5.41, 5.74) is 1.41. The lowest BCUT2D eigenvalue weighted by molar-refractivity contribution is -0.112. The molecule has 3 aromatic rings. The lowest BCUT2D eigenvalue weighted by atomic mass is 10.1. The van der Waals surface area contributed by atoms with Gasteiger partial charge in [0.15, 0.2) is 11.5 Å². The van der Waals surface area contributed by atoms with Crippen LogP contribution in [0.3, 0.4) is 0 Å². The smallest absolute Gasteiger partial charge is 0.268 e. The fourth-order valence-electron chi connectivity index (χ4n) is 2.90. The number of aryl methyl sites for hydroxylation is 1. The van der Waals surface area contributed by atoms with Crippen molar-refractivity contribution in [1.82, 2.24) is 10.2 Å². The summed E-state index contributed by atoms with van der Waals surface area (Å²) in [5.74, 6) is 0.756. The maximum atomic E-state index is 12.5. The van der Waals surface area contributed by atoms with Gasteiger partial charge < -0.3 is 14.2 Å². The van der Waals surface area contributed by atoms with Crippen molar-refractivity contribution in [2.24, 2.45) is 0 Å². The summed E-state index contributed by atoms with van der Waals surface area (Å²) in [5, 5.41) is 19.1. The van der Waals surface area contributed by atoms with Crippen molar-refractivity contribution >= 4 is 38.3 Å².